The molecule has 2 aromatic carbocycles. The van der Waals surface area contributed by atoms with Gasteiger partial charge in [0, 0.05) is 17.3 Å². The van der Waals surface area contributed by atoms with Crippen LogP contribution in [0.4, 0.5) is 11.4 Å². The quantitative estimate of drug-likeness (QED) is 0.580. The molecular weight excluding hydrogens is 296 g/mol. The lowest BCUT2D eigenvalue weighted by Crippen LogP contribution is -2.17. The molecule has 2 rings (SSSR count). The third-order valence-electron chi connectivity index (χ3n) is 4.09. The van der Waals surface area contributed by atoms with E-state index < -0.39 is 0 Å². The van der Waals surface area contributed by atoms with Gasteiger partial charge in [-0.2, -0.15) is 0 Å². The summed E-state index contributed by atoms with van der Waals surface area (Å²) in [6.07, 6.45) is 1.70. The van der Waals surface area contributed by atoms with Crippen LogP contribution in [0.5, 0.6) is 5.75 Å². The molecule has 0 saturated carbocycles. The van der Waals surface area contributed by atoms with Gasteiger partial charge in [-0.25, -0.2) is 0 Å². The van der Waals surface area contributed by atoms with Crippen molar-refractivity contribution in [3.8, 4) is 5.75 Å². The van der Waals surface area contributed by atoms with E-state index in [9.17, 15) is 5.11 Å². The third kappa shape index (κ3) is 3.97. The van der Waals surface area contributed by atoms with Gasteiger partial charge < -0.3 is 10.8 Å². The fourth-order valence-corrected chi connectivity index (χ4v) is 2.50. The average Bonchev–Trinajstić information content (AvgIpc) is 2.45. The van der Waals surface area contributed by atoms with Crippen molar-refractivity contribution in [2.45, 2.75) is 52.4 Å². The fraction of sp³-hybridized carbons (Fsp3) is 0.381. The van der Waals surface area contributed by atoms with Gasteiger partial charge >= 0.3 is 0 Å². The fourth-order valence-electron chi connectivity index (χ4n) is 2.50. The number of aromatic hydroxyl groups is 1. The van der Waals surface area contributed by atoms with Crippen LogP contribution >= 0.6 is 0 Å². The first kappa shape index (κ1) is 18.1. The predicted molar refractivity (Wildman–Crippen MR) is 104 cm³/mol. The minimum absolute atomic E-state index is 0.0118. The molecule has 128 valence electrons. The Morgan fingerprint density at radius 2 is 1.58 bits per heavy atom. The van der Waals surface area contributed by atoms with Crippen molar-refractivity contribution < 1.29 is 5.11 Å². The molecule has 3 N–H and O–H groups in total. The van der Waals surface area contributed by atoms with Gasteiger partial charge in [0.2, 0.25) is 0 Å². The van der Waals surface area contributed by atoms with E-state index in [4.69, 9.17) is 5.73 Å². The molecule has 0 spiro atoms. The number of hydrogen-bond donors (Lipinski definition) is 2. The second kappa shape index (κ2) is 6.31. The maximum absolute atomic E-state index is 10.7. The van der Waals surface area contributed by atoms with E-state index in [0.717, 1.165) is 11.1 Å². The molecule has 0 amide bonds. The van der Waals surface area contributed by atoms with Crippen LogP contribution in [0.25, 0.3) is 0 Å². The number of nitrogens with zero attached hydrogens (tertiary/aromatic N) is 1. The van der Waals surface area contributed by atoms with Crippen molar-refractivity contribution in [2.75, 3.05) is 5.73 Å². The summed E-state index contributed by atoms with van der Waals surface area (Å²) in [6.45, 7) is 12.8. The highest BCUT2D eigenvalue weighted by Crippen LogP contribution is 2.37. The van der Waals surface area contributed by atoms with Crippen LogP contribution in [0.1, 0.15) is 58.2 Å². The monoisotopic (exact) mass is 324 g/mol. The summed E-state index contributed by atoms with van der Waals surface area (Å²) in [7, 11) is 0. The molecule has 0 aromatic heterocycles. The van der Waals surface area contributed by atoms with E-state index in [1.165, 1.54) is 5.56 Å². The molecule has 0 saturated heterocycles. The van der Waals surface area contributed by atoms with E-state index in [2.05, 4.69) is 52.6 Å². The molecule has 3 nitrogen and oxygen atoms in total. The highest BCUT2D eigenvalue weighted by atomic mass is 16.3. The van der Waals surface area contributed by atoms with Crippen molar-refractivity contribution >= 4 is 17.6 Å². The summed E-state index contributed by atoms with van der Waals surface area (Å²) < 4.78 is 0. The van der Waals surface area contributed by atoms with Crippen LogP contribution in [0.3, 0.4) is 0 Å². The van der Waals surface area contributed by atoms with Gasteiger partial charge in [-0.1, -0.05) is 59.7 Å². The van der Waals surface area contributed by atoms with Crippen LogP contribution in [-0.4, -0.2) is 11.3 Å². The van der Waals surface area contributed by atoms with Crippen LogP contribution in [0, 0.1) is 0 Å². The number of benzene rings is 2. The summed E-state index contributed by atoms with van der Waals surface area (Å²) in [6, 6.07) is 11.6. The molecule has 0 fully saturated rings. The molecule has 2 aromatic rings. The molecule has 0 aliphatic carbocycles. The van der Waals surface area contributed by atoms with Gasteiger partial charge in [0.1, 0.15) is 5.75 Å². The first-order chi connectivity index (χ1) is 11.0. The van der Waals surface area contributed by atoms with Gasteiger partial charge in [0.05, 0.1) is 11.4 Å². The lowest BCUT2D eigenvalue weighted by atomic mass is 9.79. The van der Waals surface area contributed by atoms with Crippen molar-refractivity contribution in [2.24, 2.45) is 4.99 Å². The number of phenolic OH excluding ortho intramolecular Hbond substituents is 1. The number of phenols is 1. The Hall–Kier alpha value is -2.29. The standard InChI is InChI=1S/C21H28N2O/c1-20(2,3)15-11-14(19(24)16(12-15)21(4,5)6)13-23-18-10-8-7-9-17(18)22/h7-13,24H,22H2,1-6H3/b23-13+. The lowest BCUT2D eigenvalue weighted by molar-refractivity contribution is 0.444. The Bertz CT molecular complexity index is 762. The normalized spacial score (nSPS) is 12.8. The molecule has 0 heterocycles. The zero-order valence-corrected chi connectivity index (χ0v) is 15.5. The van der Waals surface area contributed by atoms with Crippen LogP contribution in [0.15, 0.2) is 41.4 Å². The van der Waals surface area contributed by atoms with Crippen molar-refractivity contribution in [3.63, 3.8) is 0 Å². The van der Waals surface area contributed by atoms with Gasteiger partial charge in [-0.3, -0.25) is 4.99 Å². The van der Waals surface area contributed by atoms with Gasteiger partial charge in [-0.15, -0.1) is 0 Å². The minimum Gasteiger partial charge on any atom is -0.507 e. The topological polar surface area (TPSA) is 58.6 Å². The van der Waals surface area contributed by atoms with Crippen molar-refractivity contribution in [1.29, 1.82) is 0 Å². The Morgan fingerprint density at radius 3 is 2.12 bits per heavy atom. The van der Waals surface area contributed by atoms with Gasteiger partial charge in [-0.05, 0) is 34.6 Å². The molecule has 0 bridgehead atoms. The molecule has 0 radical (unpaired) electrons. The zero-order valence-electron chi connectivity index (χ0n) is 15.5. The van der Waals surface area contributed by atoms with E-state index >= 15 is 0 Å². The summed E-state index contributed by atoms with van der Waals surface area (Å²) in [4.78, 5) is 4.47. The highest BCUT2D eigenvalue weighted by Gasteiger charge is 2.24. The minimum atomic E-state index is -0.153. The maximum Gasteiger partial charge on any atom is 0.128 e. The second-order valence-corrected chi connectivity index (χ2v) is 8.28. The Morgan fingerprint density at radius 1 is 0.958 bits per heavy atom. The van der Waals surface area contributed by atoms with Gasteiger partial charge in [0.25, 0.3) is 0 Å². The number of aliphatic imine (C=N–C) groups is 1. The highest BCUT2D eigenvalue weighted by molar-refractivity contribution is 5.88. The summed E-state index contributed by atoms with van der Waals surface area (Å²) in [5.41, 5.74) is 9.93. The zero-order chi connectivity index (χ0) is 18.1. The maximum atomic E-state index is 10.7. The molecule has 3 heteroatoms. The lowest BCUT2D eigenvalue weighted by Gasteiger charge is -2.27. The van der Waals surface area contributed by atoms with E-state index in [1.54, 1.807) is 6.21 Å². The second-order valence-electron chi connectivity index (χ2n) is 8.28. The summed E-state index contributed by atoms with van der Waals surface area (Å²) in [5.74, 6) is 0.286. The Kier molecular flexibility index (Phi) is 4.75. The van der Waals surface area contributed by atoms with Crippen molar-refractivity contribution in [3.05, 3.63) is 53.1 Å². The largest absolute Gasteiger partial charge is 0.507 e. The number of nitrogen functional groups attached to an aromatic ring is 1. The SMILES string of the molecule is CC(C)(C)c1cc(/C=N/c2ccccc2N)c(O)c(C(C)(C)C)c1. The number of anilines is 1. The summed E-state index contributed by atoms with van der Waals surface area (Å²) >= 11 is 0. The first-order valence-corrected chi connectivity index (χ1v) is 8.26. The van der Waals surface area contributed by atoms with E-state index in [1.807, 2.05) is 30.3 Å². The number of nitrogens with two attached hydrogens (primary N) is 1. The van der Waals surface area contributed by atoms with E-state index in [-0.39, 0.29) is 16.6 Å². The van der Waals surface area contributed by atoms with Crippen LogP contribution < -0.4 is 5.73 Å². The molecule has 0 atom stereocenters. The number of rotatable bonds is 2. The molecule has 0 aliphatic rings. The predicted octanol–water partition coefficient (Wildman–Crippen LogP) is 5.32. The number of para-hydroxylation sites is 2. The van der Waals surface area contributed by atoms with Crippen molar-refractivity contribution in [1.82, 2.24) is 0 Å². The molecule has 0 unspecified atom stereocenters. The van der Waals surface area contributed by atoms with Crippen LogP contribution in [-0.2, 0) is 10.8 Å². The number of hydrogen-bond acceptors (Lipinski definition) is 3. The molecule has 0 aliphatic heterocycles. The van der Waals surface area contributed by atoms with Gasteiger partial charge in [0.15, 0.2) is 0 Å². The Labute approximate surface area is 145 Å². The average molecular weight is 324 g/mol. The summed E-state index contributed by atoms with van der Waals surface area (Å²) in [5, 5.41) is 10.7. The smallest absolute Gasteiger partial charge is 0.128 e. The first-order valence-electron chi connectivity index (χ1n) is 8.26. The van der Waals surface area contributed by atoms with E-state index in [0.29, 0.717) is 11.4 Å². The molecule has 24 heavy (non-hydrogen) atoms. The third-order valence-corrected chi connectivity index (χ3v) is 4.09. The Balaban J connectivity index is 2.59. The van der Waals surface area contributed by atoms with Crippen LogP contribution in [0.2, 0.25) is 0 Å². The molecular formula is C21H28N2O.